The van der Waals surface area contributed by atoms with Crippen LogP contribution in [0.3, 0.4) is 0 Å². The third-order valence-corrected chi connectivity index (χ3v) is 3.05. The molecule has 1 aromatic heterocycles. The Hall–Kier alpha value is -2.56. The molecular formula is C15H18N4O. The molecule has 0 bridgehead atoms. The van der Waals surface area contributed by atoms with Gasteiger partial charge in [0.25, 0.3) is 0 Å². The highest BCUT2D eigenvalue weighted by Gasteiger charge is 2.09. The molecule has 5 nitrogen and oxygen atoms in total. The van der Waals surface area contributed by atoms with Crippen LogP contribution in [0.1, 0.15) is 11.3 Å². The highest BCUT2D eigenvalue weighted by molar-refractivity contribution is 5.95. The number of methoxy groups -OCH3 is 1. The highest BCUT2D eigenvalue weighted by Crippen LogP contribution is 2.25. The molecule has 0 atom stereocenters. The molecule has 20 heavy (non-hydrogen) atoms. The van der Waals surface area contributed by atoms with E-state index in [4.69, 9.17) is 15.9 Å². The molecule has 104 valence electrons. The zero-order valence-electron chi connectivity index (χ0n) is 11.8. The molecule has 1 aromatic carbocycles. The van der Waals surface area contributed by atoms with Crippen molar-refractivity contribution in [1.29, 1.82) is 5.41 Å². The number of rotatable bonds is 4. The van der Waals surface area contributed by atoms with Crippen molar-refractivity contribution in [2.24, 2.45) is 5.73 Å². The number of hydrogen-bond donors (Lipinski definition) is 2. The fourth-order valence-electron chi connectivity index (χ4n) is 1.92. The molecule has 0 amide bonds. The first-order chi connectivity index (χ1) is 9.51. The molecule has 0 spiro atoms. The van der Waals surface area contributed by atoms with E-state index in [9.17, 15) is 0 Å². The zero-order chi connectivity index (χ0) is 14.7. The summed E-state index contributed by atoms with van der Waals surface area (Å²) in [5.74, 6) is 1.60. The van der Waals surface area contributed by atoms with Crippen molar-refractivity contribution < 1.29 is 4.74 Å². The van der Waals surface area contributed by atoms with Crippen LogP contribution in [0.25, 0.3) is 0 Å². The summed E-state index contributed by atoms with van der Waals surface area (Å²) in [6.07, 6.45) is 0. The van der Waals surface area contributed by atoms with E-state index in [0.29, 0.717) is 5.56 Å². The molecule has 0 saturated heterocycles. The second-order valence-corrected chi connectivity index (χ2v) is 4.53. The first-order valence-corrected chi connectivity index (χ1v) is 6.22. The number of hydrogen-bond acceptors (Lipinski definition) is 4. The zero-order valence-corrected chi connectivity index (χ0v) is 11.8. The van der Waals surface area contributed by atoms with E-state index < -0.39 is 0 Å². The number of benzene rings is 1. The molecule has 1 heterocycles. The van der Waals surface area contributed by atoms with E-state index in [-0.39, 0.29) is 5.84 Å². The van der Waals surface area contributed by atoms with Crippen LogP contribution >= 0.6 is 0 Å². The summed E-state index contributed by atoms with van der Waals surface area (Å²) in [4.78, 5) is 6.42. The predicted molar refractivity (Wildman–Crippen MR) is 81.0 cm³/mol. The highest BCUT2D eigenvalue weighted by atomic mass is 16.5. The summed E-state index contributed by atoms with van der Waals surface area (Å²) < 4.78 is 5.15. The van der Waals surface area contributed by atoms with E-state index >= 15 is 0 Å². The van der Waals surface area contributed by atoms with Crippen molar-refractivity contribution >= 4 is 17.3 Å². The molecule has 5 heteroatoms. The average molecular weight is 270 g/mol. The fourth-order valence-corrected chi connectivity index (χ4v) is 1.92. The van der Waals surface area contributed by atoms with Gasteiger partial charge in [0, 0.05) is 24.0 Å². The number of pyridine rings is 1. The van der Waals surface area contributed by atoms with Gasteiger partial charge in [0.2, 0.25) is 0 Å². The van der Waals surface area contributed by atoms with Crippen molar-refractivity contribution in [2.45, 2.75) is 6.92 Å². The lowest BCUT2D eigenvalue weighted by atomic mass is 10.2. The Bertz CT molecular complexity index is 622. The van der Waals surface area contributed by atoms with E-state index in [1.54, 1.807) is 19.2 Å². The van der Waals surface area contributed by atoms with Gasteiger partial charge < -0.3 is 15.4 Å². The number of nitrogens with one attached hydrogen (secondary N) is 1. The van der Waals surface area contributed by atoms with Crippen LogP contribution in [0, 0.1) is 12.3 Å². The van der Waals surface area contributed by atoms with Crippen LogP contribution in [-0.4, -0.2) is 25.0 Å². The molecule has 2 rings (SSSR count). The minimum Gasteiger partial charge on any atom is -0.497 e. The number of amidine groups is 1. The Balaban J connectivity index is 2.36. The monoisotopic (exact) mass is 270 g/mol. The summed E-state index contributed by atoms with van der Waals surface area (Å²) in [7, 11) is 3.56. The van der Waals surface area contributed by atoms with Gasteiger partial charge in [-0.1, -0.05) is 0 Å². The number of nitrogens with zero attached hydrogens (tertiary/aromatic N) is 2. The SMILES string of the molecule is COc1ccc(N(C)c2cc(C(=N)N)cc(C)n2)cc1. The second kappa shape index (κ2) is 5.61. The van der Waals surface area contributed by atoms with Gasteiger partial charge in [0.15, 0.2) is 0 Å². The summed E-state index contributed by atoms with van der Waals surface area (Å²) in [6, 6.07) is 11.3. The average Bonchev–Trinajstić information content (AvgIpc) is 2.46. The molecule has 0 unspecified atom stereocenters. The number of aromatic nitrogens is 1. The quantitative estimate of drug-likeness (QED) is 0.661. The van der Waals surface area contributed by atoms with Crippen molar-refractivity contribution in [1.82, 2.24) is 4.98 Å². The van der Waals surface area contributed by atoms with Gasteiger partial charge in [-0.05, 0) is 43.3 Å². The summed E-state index contributed by atoms with van der Waals surface area (Å²) in [6.45, 7) is 1.89. The van der Waals surface area contributed by atoms with Crippen LogP contribution in [0.5, 0.6) is 5.75 Å². The molecule has 3 N–H and O–H groups in total. The summed E-state index contributed by atoms with van der Waals surface area (Å²) in [5.41, 5.74) is 8.03. The second-order valence-electron chi connectivity index (χ2n) is 4.53. The van der Waals surface area contributed by atoms with Crippen LogP contribution in [0.15, 0.2) is 36.4 Å². The van der Waals surface area contributed by atoms with Crippen molar-refractivity contribution in [3.05, 3.63) is 47.7 Å². The van der Waals surface area contributed by atoms with Crippen LogP contribution < -0.4 is 15.4 Å². The Morgan fingerprint density at radius 1 is 1.25 bits per heavy atom. The fraction of sp³-hybridized carbons (Fsp3) is 0.200. The van der Waals surface area contributed by atoms with Gasteiger partial charge in [-0.25, -0.2) is 4.98 Å². The largest absolute Gasteiger partial charge is 0.497 e. The minimum atomic E-state index is 0.0416. The van der Waals surface area contributed by atoms with Gasteiger partial charge in [-0.15, -0.1) is 0 Å². The molecule has 0 aliphatic carbocycles. The van der Waals surface area contributed by atoms with Gasteiger partial charge in [-0.2, -0.15) is 0 Å². The van der Waals surface area contributed by atoms with Crippen LogP contribution in [0.2, 0.25) is 0 Å². The lowest BCUT2D eigenvalue weighted by Gasteiger charge is -2.20. The Labute approximate surface area is 118 Å². The smallest absolute Gasteiger partial charge is 0.133 e. The lowest BCUT2D eigenvalue weighted by molar-refractivity contribution is 0.415. The first-order valence-electron chi connectivity index (χ1n) is 6.22. The van der Waals surface area contributed by atoms with Crippen molar-refractivity contribution in [3.8, 4) is 5.75 Å². The van der Waals surface area contributed by atoms with Gasteiger partial charge in [-0.3, -0.25) is 5.41 Å². The summed E-state index contributed by atoms with van der Waals surface area (Å²) in [5, 5.41) is 7.54. The minimum absolute atomic E-state index is 0.0416. The summed E-state index contributed by atoms with van der Waals surface area (Å²) >= 11 is 0. The molecule has 0 aliphatic heterocycles. The molecule has 0 fully saturated rings. The molecule has 0 radical (unpaired) electrons. The van der Waals surface area contributed by atoms with Crippen molar-refractivity contribution in [3.63, 3.8) is 0 Å². The van der Waals surface area contributed by atoms with Gasteiger partial charge in [0.05, 0.1) is 7.11 Å². The number of ether oxygens (including phenoxy) is 1. The molecular weight excluding hydrogens is 252 g/mol. The topological polar surface area (TPSA) is 75.2 Å². The molecule has 0 aliphatic rings. The van der Waals surface area contributed by atoms with Crippen molar-refractivity contribution in [2.75, 3.05) is 19.1 Å². The maximum Gasteiger partial charge on any atom is 0.133 e. The maximum absolute atomic E-state index is 7.54. The Morgan fingerprint density at radius 2 is 1.90 bits per heavy atom. The van der Waals surface area contributed by atoms with E-state index in [1.165, 1.54) is 0 Å². The first kappa shape index (κ1) is 13.9. The number of nitrogens with two attached hydrogens (primary N) is 1. The van der Waals surface area contributed by atoms with Crippen LogP contribution in [-0.2, 0) is 0 Å². The van der Waals surface area contributed by atoms with E-state index in [2.05, 4.69) is 4.98 Å². The predicted octanol–water partition coefficient (Wildman–Crippen LogP) is 2.45. The van der Waals surface area contributed by atoms with Gasteiger partial charge >= 0.3 is 0 Å². The third-order valence-electron chi connectivity index (χ3n) is 3.05. The number of anilines is 2. The van der Waals surface area contributed by atoms with Crippen LogP contribution in [0.4, 0.5) is 11.5 Å². The lowest BCUT2D eigenvalue weighted by Crippen LogP contribution is -2.16. The Kier molecular flexibility index (Phi) is 3.89. The molecule has 2 aromatic rings. The third kappa shape index (κ3) is 2.88. The van der Waals surface area contributed by atoms with E-state index in [0.717, 1.165) is 22.9 Å². The van der Waals surface area contributed by atoms with Gasteiger partial charge in [0.1, 0.15) is 17.4 Å². The normalized spacial score (nSPS) is 10.2. The maximum atomic E-state index is 7.54. The number of nitrogen functional groups attached to an aromatic ring is 1. The molecule has 0 saturated carbocycles. The van der Waals surface area contributed by atoms with E-state index in [1.807, 2.05) is 43.1 Å². The standard InChI is InChI=1S/C15H18N4O/c1-10-8-11(15(16)17)9-14(18-10)19(2)12-4-6-13(20-3)7-5-12/h4-9H,1-3H3,(H3,16,17). The number of aryl methyl sites for hydroxylation is 1. The Morgan fingerprint density at radius 3 is 2.45 bits per heavy atom.